The first-order valence-corrected chi connectivity index (χ1v) is 7.15. The monoisotopic (exact) mass is 320 g/mol. The van der Waals surface area contributed by atoms with Gasteiger partial charge in [-0.25, -0.2) is 0 Å². The number of rotatable bonds is 3. The number of nitrogens with two attached hydrogens (primary N) is 1. The number of anilines is 4. The highest BCUT2D eigenvalue weighted by atomic mass is 35.5. The van der Waals surface area contributed by atoms with Crippen LogP contribution in [0.2, 0.25) is 5.02 Å². The number of nitrogens with one attached hydrogen (secondary N) is 2. The van der Waals surface area contributed by atoms with Gasteiger partial charge in [0.25, 0.3) is 0 Å². The van der Waals surface area contributed by atoms with E-state index in [2.05, 4.69) is 10.6 Å². The van der Waals surface area contributed by atoms with Crippen LogP contribution < -0.4 is 21.3 Å². The van der Waals surface area contributed by atoms with Crippen LogP contribution in [0.5, 0.6) is 0 Å². The summed E-state index contributed by atoms with van der Waals surface area (Å²) in [6, 6.07) is 13.0. The molecule has 4 nitrogen and oxygen atoms in total. The highest BCUT2D eigenvalue weighted by molar-refractivity contribution is 7.80. The number of hydrogen-bond donors (Lipinski definition) is 3. The lowest BCUT2D eigenvalue weighted by atomic mass is 10.2. The van der Waals surface area contributed by atoms with Crippen molar-refractivity contribution < 1.29 is 0 Å². The molecular formula is C15H17ClN4S. The van der Waals surface area contributed by atoms with Crippen molar-refractivity contribution in [1.82, 2.24) is 0 Å². The SMILES string of the molecule is CN(C)c1ccc(Cl)cc1NC(=S)Nc1ccc(N)cc1. The summed E-state index contributed by atoms with van der Waals surface area (Å²) in [5.41, 5.74) is 9.09. The summed E-state index contributed by atoms with van der Waals surface area (Å²) in [6.07, 6.45) is 0. The molecule has 21 heavy (non-hydrogen) atoms. The average Bonchev–Trinajstić information content (AvgIpc) is 2.41. The van der Waals surface area contributed by atoms with Crippen LogP contribution >= 0.6 is 23.8 Å². The summed E-state index contributed by atoms with van der Waals surface area (Å²) >= 11 is 11.4. The van der Waals surface area contributed by atoms with Gasteiger partial charge in [0.15, 0.2) is 5.11 Å². The van der Waals surface area contributed by atoms with E-state index >= 15 is 0 Å². The minimum absolute atomic E-state index is 0.491. The van der Waals surface area contributed by atoms with Crippen LogP contribution in [0.3, 0.4) is 0 Å². The van der Waals surface area contributed by atoms with Gasteiger partial charge in [-0.3, -0.25) is 0 Å². The molecule has 0 fully saturated rings. The molecule has 0 spiro atoms. The maximum Gasteiger partial charge on any atom is 0.175 e. The second kappa shape index (κ2) is 6.65. The van der Waals surface area contributed by atoms with Crippen molar-refractivity contribution in [2.24, 2.45) is 0 Å². The van der Waals surface area contributed by atoms with Crippen LogP contribution in [0.15, 0.2) is 42.5 Å². The first kappa shape index (κ1) is 15.4. The molecule has 0 saturated heterocycles. The molecule has 0 atom stereocenters. The molecule has 0 aliphatic carbocycles. The van der Waals surface area contributed by atoms with Gasteiger partial charge in [-0.05, 0) is 54.7 Å². The van der Waals surface area contributed by atoms with Gasteiger partial charge < -0.3 is 21.3 Å². The van der Waals surface area contributed by atoms with E-state index in [0.717, 1.165) is 17.1 Å². The Hall–Kier alpha value is -1.98. The van der Waals surface area contributed by atoms with E-state index in [-0.39, 0.29) is 0 Å². The smallest absolute Gasteiger partial charge is 0.175 e. The summed E-state index contributed by atoms with van der Waals surface area (Å²) in [6.45, 7) is 0. The van der Waals surface area contributed by atoms with Gasteiger partial charge in [0.2, 0.25) is 0 Å². The molecule has 110 valence electrons. The lowest BCUT2D eigenvalue weighted by Gasteiger charge is -2.19. The van der Waals surface area contributed by atoms with Crippen molar-refractivity contribution in [3.05, 3.63) is 47.5 Å². The van der Waals surface area contributed by atoms with Crippen molar-refractivity contribution in [3.63, 3.8) is 0 Å². The fraction of sp³-hybridized carbons (Fsp3) is 0.133. The quantitative estimate of drug-likeness (QED) is 0.593. The van der Waals surface area contributed by atoms with Crippen LogP contribution in [0.1, 0.15) is 0 Å². The molecule has 2 aromatic carbocycles. The zero-order chi connectivity index (χ0) is 15.4. The predicted molar refractivity (Wildman–Crippen MR) is 96.5 cm³/mol. The third kappa shape index (κ3) is 4.24. The number of halogens is 1. The van der Waals surface area contributed by atoms with Crippen molar-refractivity contribution in [3.8, 4) is 0 Å². The molecule has 0 amide bonds. The van der Waals surface area contributed by atoms with Crippen LogP contribution in [0.4, 0.5) is 22.7 Å². The molecule has 2 aromatic rings. The molecule has 0 saturated carbocycles. The minimum atomic E-state index is 0.491. The summed E-state index contributed by atoms with van der Waals surface area (Å²) in [4.78, 5) is 1.99. The van der Waals surface area contributed by atoms with Gasteiger partial charge >= 0.3 is 0 Å². The van der Waals surface area contributed by atoms with Gasteiger partial charge in [-0.15, -0.1) is 0 Å². The fourth-order valence-corrected chi connectivity index (χ4v) is 2.25. The zero-order valence-electron chi connectivity index (χ0n) is 11.9. The predicted octanol–water partition coefficient (Wildman–Crippen LogP) is 3.80. The van der Waals surface area contributed by atoms with Crippen LogP contribution in [-0.4, -0.2) is 19.2 Å². The van der Waals surface area contributed by atoms with Gasteiger partial charge in [-0.2, -0.15) is 0 Å². The van der Waals surface area contributed by atoms with E-state index in [1.165, 1.54) is 0 Å². The molecule has 0 unspecified atom stereocenters. The third-order valence-electron chi connectivity index (χ3n) is 2.86. The number of nitrogen functional groups attached to an aromatic ring is 1. The Morgan fingerprint density at radius 2 is 1.76 bits per heavy atom. The summed E-state index contributed by atoms with van der Waals surface area (Å²) in [5, 5.41) is 7.41. The molecule has 6 heteroatoms. The van der Waals surface area contributed by atoms with Gasteiger partial charge in [0, 0.05) is 30.5 Å². The highest BCUT2D eigenvalue weighted by Gasteiger charge is 2.07. The summed E-state index contributed by atoms with van der Waals surface area (Å²) in [5.74, 6) is 0. The van der Waals surface area contributed by atoms with Crippen molar-refractivity contribution >= 4 is 51.7 Å². The largest absolute Gasteiger partial charge is 0.399 e. The number of benzene rings is 2. The van der Waals surface area contributed by atoms with Gasteiger partial charge in [0.05, 0.1) is 11.4 Å². The molecule has 0 bridgehead atoms. The number of hydrogen-bond acceptors (Lipinski definition) is 3. The Bertz CT molecular complexity index is 641. The molecule has 0 heterocycles. The first-order valence-electron chi connectivity index (χ1n) is 6.36. The fourth-order valence-electron chi connectivity index (χ4n) is 1.85. The first-order chi connectivity index (χ1) is 9.95. The van der Waals surface area contributed by atoms with Crippen molar-refractivity contribution in [2.45, 2.75) is 0 Å². The third-order valence-corrected chi connectivity index (χ3v) is 3.30. The topological polar surface area (TPSA) is 53.3 Å². The Balaban J connectivity index is 2.12. The Morgan fingerprint density at radius 1 is 1.10 bits per heavy atom. The van der Waals surface area contributed by atoms with E-state index in [1.807, 2.05) is 61.5 Å². The molecule has 4 N–H and O–H groups in total. The van der Waals surface area contributed by atoms with E-state index in [9.17, 15) is 0 Å². The number of thiocarbonyl (C=S) groups is 1. The molecular weight excluding hydrogens is 304 g/mol. The van der Waals surface area contributed by atoms with Gasteiger partial charge in [-0.1, -0.05) is 11.6 Å². The Morgan fingerprint density at radius 3 is 2.38 bits per heavy atom. The molecule has 0 aliphatic rings. The highest BCUT2D eigenvalue weighted by Crippen LogP contribution is 2.28. The second-order valence-corrected chi connectivity index (χ2v) is 5.60. The van der Waals surface area contributed by atoms with E-state index in [1.54, 1.807) is 0 Å². The lowest BCUT2D eigenvalue weighted by Crippen LogP contribution is -2.21. The summed E-state index contributed by atoms with van der Waals surface area (Å²) in [7, 11) is 3.93. The van der Waals surface area contributed by atoms with Crippen LogP contribution in [0.25, 0.3) is 0 Å². The zero-order valence-corrected chi connectivity index (χ0v) is 13.4. The Kier molecular flexibility index (Phi) is 4.88. The van der Waals surface area contributed by atoms with Crippen LogP contribution in [0, 0.1) is 0 Å². The minimum Gasteiger partial charge on any atom is -0.399 e. The lowest BCUT2D eigenvalue weighted by molar-refractivity contribution is 1.13. The van der Waals surface area contributed by atoms with Crippen molar-refractivity contribution in [1.29, 1.82) is 0 Å². The van der Waals surface area contributed by atoms with Gasteiger partial charge in [0.1, 0.15) is 0 Å². The second-order valence-electron chi connectivity index (χ2n) is 4.76. The van der Waals surface area contributed by atoms with Crippen LogP contribution in [-0.2, 0) is 0 Å². The van der Waals surface area contributed by atoms with E-state index in [0.29, 0.717) is 15.8 Å². The van der Waals surface area contributed by atoms with E-state index in [4.69, 9.17) is 29.6 Å². The molecule has 2 rings (SSSR count). The van der Waals surface area contributed by atoms with Crippen molar-refractivity contribution in [2.75, 3.05) is 35.4 Å². The maximum absolute atomic E-state index is 6.05. The molecule has 0 radical (unpaired) electrons. The average molecular weight is 321 g/mol. The normalized spacial score (nSPS) is 10.0. The summed E-state index contributed by atoms with van der Waals surface area (Å²) < 4.78 is 0. The standard InChI is InChI=1S/C15H17ClN4S/c1-20(2)14-8-3-10(16)9-13(14)19-15(21)18-12-6-4-11(17)5-7-12/h3-9H,17H2,1-2H3,(H2,18,19,21). The Labute approximate surface area is 134 Å². The van der Waals surface area contributed by atoms with E-state index < -0.39 is 0 Å². The maximum atomic E-state index is 6.05. The molecule has 0 aliphatic heterocycles. The number of nitrogens with zero attached hydrogens (tertiary/aromatic N) is 1. The molecule has 0 aromatic heterocycles.